The van der Waals surface area contributed by atoms with Gasteiger partial charge in [0.15, 0.2) is 0 Å². The number of rotatable bonds is 16. The number of methoxy groups -OCH3 is 2. The fraction of sp³-hybridized carbons (Fsp3) is 0.290. The van der Waals surface area contributed by atoms with E-state index < -0.39 is 227 Å². The molecule has 0 bridgehead atoms. The van der Waals surface area contributed by atoms with Gasteiger partial charge in [0.1, 0.15) is 23.7 Å². The fourth-order valence-electron chi connectivity index (χ4n) is 7.73. The largest absolute Gasteiger partial charge is 0.496 e. The minimum absolute atomic E-state index is 0.186. The molecule has 0 aliphatic heterocycles. The first-order chi connectivity index (χ1) is 54.3. The quantitative estimate of drug-likeness (QED) is 0.0708. The number of nitrogens with one attached hydrogen (secondary N) is 4. The van der Waals surface area contributed by atoms with Crippen molar-refractivity contribution in [2.24, 2.45) is 14.0 Å². The molecular weight excluding hydrogens is 1080 g/mol. The van der Waals surface area contributed by atoms with Crippen LogP contribution in [0.5, 0.6) is 11.5 Å². The van der Waals surface area contributed by atoms with Gasteiger partial charge in [-0.3, -0.25) is 20.2 Å². The second kappa shape index (κ2) is 25.0. The van der Waals surface area contributed by atoms with Crippen molar-refractivity contribution in [1.29, 1.82) is 0 Å². The molecule has 2 aliphatic carbocycles. The Hall–Kier alpha value is -8.62. The number of hydrogen-bond acceptors (Lipinski definition) is 12. The zero-order valence-corrected chi connectivity index (χ0v) is 43.0. The van der Waals surface area contributed by atoms with Gasteiger partial charge in [-0.2, -0.15) is 0 Å². The van der Waals surface area contributed by atoms with Gasteiger partial charge in [0.05, 0.1) is 33.5 Å². The highest BCUT2D eigenvalue weighted by molar-refractivity contribution is 7.90. The highest BCUT2D eigenvalue weighted by Crippen LogP contribution is 2.33. The van der Waals surface area contributed by atoms with Gasteiger partial charge in [0.2, 0.25) is 0 Å². The molecule has 2 aliphatic rings. The Balaban J connectivity index is 0.000000275. The molecule has 0 spiro atoms. The number of hydrogen-bond donors (Lipinski definition) is 4. The van der Waals surface area contributed by atoms with Crippen LogP contribution < -0.4 is 29.6 Å². The Morgan fingerprint density at radius 2 is 1.02 bits per heavy atom. The maximum atomic E-state index is 13.3. The van der Waals surface area contributed by atoms with Gasteiger partial charge in [-0.05, 0) is 171 Å². The summed E-state index contributed by atoms with van der Waals surface area (Å²) in [5, 5.41) is 3.60. The normalized spacial score (nSPS) is 27.3. The molecule has 2 fully saturated rings. The summed E-state index contributed by atoms with van der Waals surface area (Å²) < 4.78 is 391. The van der Waals surface area contributed by atoms with E-state index in [0.717, 1.165) is 97.3 Å². The molecule has 82 heavy (non-hydrogen) atoms. The smallest absolute Gasteiger partial charge is 0.411 e. The number of benzene rings is 6. The van der Waals surface area contributed by atoms with E-state index in [0.29, 0.717) is 21.3 Å². The maximum Gasteiger partial charge on any atom is 0.411 e. The van der Waals surface area contributed by atoms with Crippen molar-refractivity contribution in [3.63, 3.8) is 0 Å². The average Bonchev–Trinajstić information content (AvgIpc) is 1.50. The third-order valence-electron chi connectivity index (χ3n) is 11.5. The van der Waals surface area contributed by atoms with Crippen LogP contribution in [0.1, 0.15) is 159 Å². The third kappa shape index (κ3) is 13.6. The van der Waals surface area contributed by atoms with Crippen molar-refractivity contribution in [1.82, 2.24) is 18.6 Å². The summed E-state index contributed by atoms with van der Waals surface area (Å²) in [7, 11) is -16.4. The molecule has 4 amide bonds. The van der Waals surface area contributed by atoms with Crippen LogP contribution in [0, 0.1) is 13.7 Å². The van der Waals surface area contributed by atoms with E-state index in [1.807, 2.05) is 5.32 Å². The van der Waals surface area contributed by atoms with Crippen LogP contribution in [0.15, 0.2) is 144 Å². The Kier molecular flexibility index (Phi) is 8.10. The summed E-state index contributed by atoms with van der Waals surface area (Å²) in [4.78, 5) is 51.2. The summed E-state index contributed by atoms with van der Waals surface area (Å²) in [5.74, 6) is -4.55. The lowest BCUT2D eigenvalue weighted by Crippen LogP contribution is -2.31. The first-order valence-corrected chi connectivity index (χ1v) is 26.1. The van der Waals surface area contributed by atoms with Crippen LogP contribution in [-0.4, -0.2) is 76.2 Å². The molecule has 6 aromatic carbocycles. The van der Waals surface area contributed by atoms with Crippen LogP contribution >= 0.6 is 0 Å². The van der Waals surface area contributed by atoms with Crippen molar-refractivity contribution in [2.45, 2.75) is 99.4 Å². The molecule has 0 atom stereocenters. The molecule has 20 heteroatoms. The number of carbonyl (C=O) groups is 4. The van der Waals surface area contributed by atoms with E-state index in [-0.39, 0.29) is 33.2 Å². The molecule has 2 aromatic heterocycles. The number of aromatic nitrogens is 2. The van der Waals surface area contributed by atoms with Crippen molar-refractivity contribution >= 4 is 77.2 Å². The van der Waals surface area contributed by atoms with E-state index in [4.69, 9.17) is 66.9 Å². The average molecular weight is 1190 g/mol. The SMILES string of the molecule is [2H]C([2H])([2H])Oc1cc(C(=O)NS(=O)(=O)c2ccccc2C([2H])([2H])[2H])ccc1C([2H])([2H])c1cn(C([2H])([2H])[2H])c2ccc(NC(=O)OC3([2H])C([2H])([2H])C([2H])([2H])C([2H])([2H])C3([2H])[2H])cc12.[2H]C([2H])([2H])Oc1cc(C(=O)NS(=O)(=O)c2ccccc2C([2H])([2H])[2H])ccc1C([2H])([2H])c1cn(C([2H])([2H])[2H])c2ccc(NC(=O)OC3C([2H])([2H])C([2H])([2H])C([2H])([2H])C3([2H])[2H])cc12. The second-order valence-electron chi connectivity index (χ2n) is 16.8. The van der Waals surface area contributed by atoms with E-state index in [2.05, 4.69) is 5.32 Å². The first-order valence-electron chi connectivity index (χ1n) is 42.6. The lowest BCUT2D eigenvalue weighted by atomic mass is 10.0. The summed E-state index contributed by atoms with van der Waals surface area (Å²) in [6.45, 7) is -11.8. The van der Waals surface area contributed by atoms with E-state index in [1.165, 1.54) is 24.3 Å². The van der Waals surface area contributed by atoms with E-state index >= 15 is 0 Å². The molecule has 8 aromatic rings. The van der Waals surface area contributed by atoms with Gasteiger partial charge in [0, 0.05) is 127 Å². The highest BCUT2D eigenvalue weighted by atomic mass is 32.2. The van der Waals surface area contributed by atoms with E-state index in [1.54, 1.807) is 9.44 Å². The van der Waals surface area contributed by atoms with Crippen LogP contribution in [0.25, 0.3) is 21.8 Å². The van der Waals surface area contributed by atoms with Gasteiger partial charge in [-0.15, -0.1) is 0 Å². The molecular formula is C62H66N6O12S2. The van der Waals surface area contributed by atoms with Crippen LogP contribution in [0.2, 0.25) is 0 Å². The van der Waals surface area contributed by atoms with Gasteiger partial charge in [0.25, 0.3) is 31.9 Å². The molecule has 18 nitrogen and oxygen atoms in total. The predicted octanol–water partition coefficient (Wildman–Crippen LogP) is 11.4. The number of ether oxygens (including phenoxy) is 4. The van der Waals surface area contributed by atoms with Gasteiger partial charge in [-0.1, -0.05) is 48.5 Å². The number of sulfonamides is 2. The minimum atomic E-state index is -4.89. The zero-order chi connectivity index (χ0) is 92.1. The van der Waals surface area contributed by atoms with Crippen molar-refractivity contribution in [3.05, 3.63) is 178 Å². The van der Waals surface area contributed by atoms with Crippen LogP contribution in [0.3, 0.4) is 0 Å². The number of aryl methyl sites for hydroxylation is 4. The van der Waals surface area contributed by atoms with Crippen molar-refractivity contribution in [2.75, 3.05) is 24.7 Å². The molecule has 0 saturated heterocycles. The number of fused-ring (bicyclic) bond motifs is 2. The van der Waals surface area contributed by atoms with E-state index in [9.17, 15) is 41.5 Å². The second-order valence-corrected chi connectivity index (χ2v) is 20.1. The summed E-state index contributed by atoms with van der Waals surface area (Å²) in [6.07, 6.45) is -42.8. The van der Waals surface area contributed by atoms with Gasteiger partial charge < -0.3 is 28.1 Å². The lowest BCUT2D eigenvalue weighted by molar-refractivity contribution is 0.0972. The first kappa shape index (κ1) is 26.5. The monoisotopic (exact) mass is 1190 g/mol. The van der Waals surface area contributed by atoms with Gasteiger partial charge >= 0.3 is 12.2 Å². The topological polar surface area (TPSA) is 231 Å². The zero-order valence-electron chi connectivity index (χ0n) is 80.4. The standard InChI is InChI=1S/2C31H33N3O6S/c2*1-20-8-4-7-11-29(20)41(37,38)33-30(35)22-13-12-21(28(17-22)39-3)16-23-19-34(2)27-15-14-24(18-26(23)27)32-31(36)40-25-9-5-6-10-25/h2*4,7-8,11-15,17-19,25H,5-6,9-10,16H2,1-3H3,(H,32,36)(H,33,35)/i1D3,2D3,3D3,5D2,6D2,9D2,10D2,16D2,25D;1D3,2D3,3D3,5D2,6D2,9D2,10D2,16D2. The van der Waals surface area contributed by atoms with Gasteiger partial charge in [-0.25, -0.2) is 35.9 Å². The molecule has 2 saturated carbocycles. The summed E-state index contributed by atoms with van der Waals surface area (Å²) >= 11 is 0. The molecule has 10 rings (SSSR count). The molecule has 2 heterocycles. The highest BCUT2D eigenvalue weighted by Gasteiger charge is 2.25. The molecule has 0 radical (unpaired) electrons. The molecule has 4 N–H and O–H groups in total. The Bertz CT molecular complexity index is 5640. The third-order valence-corrected chi connectivity index (χ3v) is 14.2. The molecule has 0 unspecified atom stereocenters. The van der Waals surface area contributed by atoms with Crippen molar-refractivity contribution in [3.8, 4) is 11.5 Å². The number of amides is 4. The Morgan fingerprint density at radius 3 is 1.48 bits per heavy atom. The predicted molar refractivity (Wildman–Crippen MR) is 314 cm³/mol. The summed E-state index contributed by atoms with van der Waals surface area (Å²) in [5.41, 5.74) is -5.91. The fourth-order valence-corrected chi connectivity index (χ4v) is 9.90. The van der Waals surface area contributed by atoms with Crippen molar-refractivity contribution < 1.29 is 108 Å². The minimum Gasteiger partial charge on any atom is -0.496 e. The summed E-state index contributed by atoms with van der Waals surface area (Å²) in [6, 6.07) is 20.0. The molecule has 428 valence electrons. The lowest BCUT2D eigenvalue weighted by Gasteiger charge is -2.13. The Labute approximate surface area is 532 Å². The van der Waals surface area contributed by atoms with Crippen LogP contribution in [-0.2, 0) is 56.2 Å². The number of nitrogens with zero attached hydrogens (tertiary/aromatic N) is 2. The number of carbonyl (C=O) groups excluding carboxylic acids is 4. The number of anilines is 2. The van der Waals surface area contributed by atoms with Crippen LogP contribution in [0.4, 0.5) is 21.0 Å². The maximum absolute atomic E-state index is 13.3. The Morgan fingerprint density at radius 1 is 0.573 bits per heavy atom.